The summed E-state index contributed by atoms with van der Waals surface area (Å²) >= 11 is 0. The van der Waals surface area contributed by atoms with E-state index in [-0.39, 0.29) is 11.8 Å². The molecule has 0 aromatic heterocycles. The van der Waals surface area contributed by atoms with E-state index < -0.39 is 0 Å². The fourth-order valence-electron chi connectivity index (χ4n) is 3.84. The zero-order valence-corrected chi connectivity index (χ0v) is 16.5. The Labute approximate surface area is 172 Å². The highest BCUT2D eigenvalue weighted by Crippen LogP contribution is 2.26. The first kappa shape index (κ1) is 19.2. The zero-order chi connectivity index (χ0) is 19.9. The van der Waals surface area contributed by atoms with Gasteiger partial charge in [0.25, 0.3) is 0 Å². The van der Waals surface area contributed by atoms with Crippen LogP contribution in [0.3, 0.4) is 0 Å². The minimum absolute atomic E-state index is 0.0131. The van der Waals surface area contributed by atoms with Gasteiger partial charge in [-0.25, -0.2) is 0 Å². The highest BCUT2D eigenvalue weighted by Gasteiger charge is 2.23. The molecule has 0 radical (unpaired) electrons. The largest absolute Gasteiger partial charge is 0.378 e. The maximum absolute atomic E-state index is 13.3. The Morgan fingerprint density at radius 2 is 1.38 bits per heavy atom. The van der Waals surface area contributed by atoms with E-state index in [9.17, 15) is 4.79 Å². The fourth-order valence-corrected chi connectivity index (χ4v) is 3.84. The van der Waals surface area contributed by atoms with Crippen LogP contribution in [0.4, 0.5) is 5.69 Å². The molecule has 0 saturated carbocycles. The SMILES string of the molecule is O=C(NCc1ccccc1N1CCOCC1)C(c1ccccc1)c1ccccc1. The third kappa shape index (κ3) is 4.66. The molecule has 0 unspecified atom stereocenters. The van der Waals surface area contributed by atoms with E-state index in [2.05, 4.69) is 22.3 Å². The second-order valence-electron chi connectivity index (χ2n) is 7.20. The van der Waals surface area contributed by atoms with Crippen LogP contribution in [0.5, 0.6) is 0 Å². The summed E-state index contributed by atoms with van der Waals surface area (Å²) in [4.78, 5) is 15.6. The van der Waals surface area contributed by atoms with Crippen LogP contribution in [-0.4, -0.2) is 32.2 Å². The lowest BCUT2D eigenvalue weighted by atomic mass is 9.90. The Bertz CT molecular complexity index is 882. The first-order valence-corrected chi connectivity index (χ1v) is 10.1. The summed E-state index contributed by atoms with van der Waals surface area (Å²) < 4.78 is 5.48. The molecule has 1 amide bonds. The molecule has 4 nitrogen and oxygen atoms in total. The molecule has 148 valence electrons. The molecule has 1 aliphatic heterocycles. The lowest BCUT2D eigenvalue weighted by molar-refractivity contribution is -0.121. The number of nitrogens with one attached hydrogen (secondary N) is 1. The summed E-state index contributed by atoms with van der Waals surface area (Å²) in [6.07, 6.45) is 0. The molecule has 1 fully saturated rings. The number of rotatable bonds is 6. The standard InChI is InChI=1S/C25H26N2O2/c28-25(24(20-9-3-1-4-10-20)21-11-5-2-6-12-21)26-19-22-13-7-8-14-23(22)27-15-17-29-18-16-27/h1-14,24H,15-19H2,(H,26,28). The molecule has 29 heavy (non-hydrogen) atoms. The number of ether oxygens (including phenoxy) is 1. The highest BCUT2D eigenvalue weighted by atomic mass is 16.5. The second kappa shape index (κ2) is 9.39. The van der Waals surface area contributed by atoms with Crippen molar-refractivity contribution in [1.29, 1.82) is 0 Å². The van der Waals surface area contributed by atoms with Crippen molar-refractivity contribution < 1.29 is 9.53 Å². The molecule has 1 heterocycles. The van der Waals surface area contributed by atoms with Crippen LogP contribution in [0.25, 0.3) is 0 Å². The summed E-state index contributed by atoms with van der Waals surface area (Å²) in [6.45, 7) is 3.74. The molecule has 1 saturated heterocycles. The quantitative estimate of drug-likeness (QED) is 0.697. The van der Waals surface area contributed by atoms with Crippen molar-refractivity contribution in [2.75, 3.05) is 31.2 Å². The number of carbonyl (C=O) groups is 1. The van der Waals surface area contributed by atoms with Crippen LogP contribution in [-0.2, 0) is 16.1 Å². The monoisotopic (exact) mass is 386 g/mol. The second-order valence-corrected chi connectivity index (χ2v) is 7.20. The van der Waals surface area contributed by atoms with Gasteiger partial charge in [-0.2, -0.15) is 0 Å². The maximum Gasteiger partial charge on any atom is 0.232 e. The normalized spacial score (nSPS) is 14.0. The number of carbonyl (C=O) groups excluding carboxylic acids is 1. The average molecular weight is 386 g/mol. The van der Waals surface area contributed by atoms with Crippen LogP contribution >= 0.6 is 0 Å². The summed E-state index contributed by atoms with van der Waals surface area (Å²) in [5.74, 6) is -0.313. The van der Waals surface area contributed by atoms with Crippen LogP contribution < -0.4 is 10.2 Å². The van der Waals surface area contributed by atoms with Crippen LogP contribution in [0.15, 0.2) is 84.9 Å². The first-order chi connectivity index (χ1) is 14.3. The lowest BCUT2D eigenvalue weighted by Gasteiger charge is -2.30. The molecule has 0 spiro atoms. The molecule has 4 rings (SSSR count). The van der Waals surface area contributed by atoms with E-state index in [1.807, 2.05) is 72.8 Å². The fraction of sp³-hybridized carbons (Fsp3) is 0.240. The van der Waals surface area contributed by atoms with E-state index in [1.165, 1.54) is 5.69 Å². The molecule has 3 aromatic carbocycles. The smallest absolute Gasteiger partial charge is 0.232 e. The average Bonchev–Trinajstić information content (AvgIpc) is 2.80. The number of benzene rings is 3. The van der Waals surface area contributed by atoms with Crippen molar-refractivity contribution in [2.45, 2.75) is 12.5 Å². The van der Waals surface area contributed by atoms with Gasteiger partial charge in [0.05, 0.1) is 19.1 Å². The van der Waals surface area contributed by atoms with Gasteiger partial charge < -0.3 is 15.0 Å². The molecule has 0 bridgehead atoms. The summed E-state index contributed by atoms with van der Waals surface area (Å²) in [5, 5.41) is 3.18. The molecule has 1 N–H and O–H groups in total. The number of amides is 1. The Kier molecular flexibility index (Phi) is 6.22. The van der Waals surface area contributed by atoms with E-state index in [0.29, 0.717) is 6.54 Å². The lowest BCUT2D eigenvalue weighted by Crippen LogP contribution is -2.37. The summed E-state index contributed by atoms with van der Waals surface area (Å²) in [5.41, 5.74) is 4.30. The highest BCUT2D eigenvalue weighted by molar-refractivity contribution is 5.87. The van der Waals surface area contributed by atoms with Gasteiger partial charge in [0.1, 0.15) is 0 Å². The maximum atomic E-state index is 13.3. The molecule has 4 heteroatoms. The topological polar surface area (TPSA) is 41.6 Å². The molecule has 0 atom stereocenters. The van der Waals surface area contributed by atoms with Gasteiger partial charge in [-0.05, 0) is 22.8 Å². The number of morpholine rings is 1. The minimum Gasteiger partial charge on any atom is -0.378 e. The van der Waals surface area contributed by atoms with Gasteiger partial charge in [-0.15, -0.1) is 0 Å². The van der Waals surface area contributed by atoms with Gasteiger partial charge in [-0.3, -0.25) is 4.79 Å². The van der Waals surface area contributed by atoms with Crippen molar-refractivity contribution in [3.63, 3.8) is 0 Å². The number of anilines is 1. The van der Waals surface area contributed by atoms with Gasteiger partial charge in [0, 0.05) is 25.3 Å². The molecule has 0 aliphatic carbocycles. The Balaban J connectivity index is 1.53. The van der Waals surface area contributed by atoms with Gasteiger partial charge in [0.15, 0.2) is 0 Å². The first-order valence-electron chi connectivity index (χ1n) is 10.1. The number of nitrogens with zero attached hydrogens (tertiary/aromatic N) is 1. The minimum atomic E-state index is -0.326. The predicted molar refractivity (Wildman–Crippen MR) is 116 cm³/mol. The van der Waals surface area contributed by atoms with E-state index in [4.69, 9.17) is 4.74 Å². The Morgan fingerprint density at radius 3 is 2.00 bits per heavy atom. The number of para-hydroxylation sites is 1. The number of hydrogen-bond donors (Lipinski definition) is 1. The van der Waals surface area contributed by atoms with E-state index in [1.54, 1.807) is 0 Å². The van der Waals surface area contributed by atoms with Crippen LogP contribution in [0.2, 0.25) is 0 Å². The third-order valence-electron chi connectivity index (χ3n) is 5.32. The van der Waals surface area contributed by atoms with Crippen LogP contribution in [0, 0.1) is 0 Å². The van der Waals surface area contributed by atoms with Gasteiger partial charge in [-0.1, -0.05) is 78.9 Å². The summed E-state index contributed by atoms with van der Waals surface area (Å²) in [7, 11) is 0. The van der Waals surface area contributed by atoms with Gasteiger partial charge in [0.2, 0.25) is 5.91 Å². The van der Waals surface area contributed by atoms with Crippen molar-refractivity contribution >= 4 is 11.6 Å². The molecule has 3 aromatic rings. The van der Waals surface area contributed by atoms with Crippen molar-refractivity contribution in [3.8, 4) is 0 Å². The molecular formula is C25H26N2O2. The molecular weight excluding hydrogens is 360 g/mol. The number of hydrogen-bond acceptors (Lipinski definition) is 3. The molecule has 1 aliphatic rings. The third-order valence-corrected chi connectivity index (χ3v) is 5.32. The van der Waals surface area contributed by atoms with Crippen molar-refractivity contribution in [3.05, 3.63) is 102 Å². The Hall–Kier alpha value is -3.11. The van der Waals surface area contributed by atoms with Crippen LogP contribution in [0.1, 0.15) is 22.6 Å². The zero-order valence-electron chi connectivity index (χ0n) is 16.5. The van der Waals surface area contributed by atoms with Crippen molar-refractivity contribution in [1.82, 2.24) is 5.32 Å². The summed E-state index contributed by atoms with van der Waals surface area (Å²) in [6, 6.07) is 28.2. The van der Waals surface area contributed by atoms with E-state index in [0.717, 1.165) is 43.0 Å². The predicted octanol–water partition coefficient (Wildman–Crippen LogP) is 3.97. The van der Waals surface area contributed by atoms with E-state index >= 15 is 0 Å². The Morgan fingerprint density at radius 1 is 0.828 bits per heavy atom. The van der Waals surface area contributed by atoms with Crippen molar-refractivity contribution in [2.24, 2.45) is 0 Å². The van der Waals surface area contributed by atoms with Gasteiger partial charge >= 0.3 is 0 Å².